The Morgan fingerprint density at radius 2 is 2.00 bits per heavy atom. The third kappa shape index (κ3) is 3.66. The third-order valence-electron chi connectivity index (χ3n) is 3.14. The third-order valence-corrected chi connectivity index (χ3v) is 4.27. The normalized spacial score (nSPS) is 17.5. The second kappa shape index (κ2) is 4.50. The van der Waals surface area contributed by atoms with Crippen molar-refractivity contribution >= 4 is 15.7 Å². The van der Waals surface area contributed by atoms with Crippen LogP contribution in [-0.4, -0.2) is 36.9 Å². The fourth-order valence-electron chi connectivity index (χ4n) is 2.19. The zero-order valence-electron chi connectivity index (χ0n) is 11.0. The first-order chi connectivity index (χ1) is 8.28. The minimum absolute atomic E-state index is 0.0830. The molecule has 1 fully saturated rings. The summed E-state index contributed by atoms with van der Waals surface area (Å²) in [4.78, 5) is 8.50. The molecular formula is C12H19N3O2S. The largest absolute Gasteiger partial charge is 0.369 e. The Morgan fingerprint density at radius 3 is 2.50 bits per heavy atom. The molecule has 1 N–H and O–H groups in total. The smallest absolute Gasteiger partial charge is 0.148 e. The van der Waals surface area contributed by atoms with Crippen LogP contribution in [0.2, 0.25) is 0 Å². The fraction of sp³-hybridized carbons (Fsp3) is 0.667. The molecule has 0 atom stereocenters. The van der Waals surface area contributed by atoms with Gasteiger partial charge >= 0.3 is 0 Å². The molecule has 0 saturated heterocycles. The van der Waals surface area contributed by atoms with E-state index in [-0.39, 0.29) is 11.2 Å². The number of aryl methyl sites for hydroxylation is 2. The molecule has 18 heavy (non-hydrogen) atoms. The number of nitrogens with zero attached hydrogens (tertiary/aromatic N) is 2. The number of hydrogen-bond donors (Lipinski definition) is 1. The first-order valence-electron chi connectivity index (χ1n) is 6.02. The molecule has 0 spiro atoms. The monoisotopic (exact) mass is 269 g/mol. The van der Waals surface area contributed by atoms with E-state index in [1.807, 2.05) is 19.9 Å². The molecule has 6 heteroatoms. The van der Waals surface area contributed by atoms with Gasteiger partial charge in [-0.05, 0) is 26.7 Å². The van der Waals surface area contributed by atoms with Crippen molar-refractivity contribution in [2.75, 3.05) is 23.9 Å². The van der Waals surface area contributed by atoms with Crippen molar-refractivity contribution in [3.63, 3.8) is 0 Å². The van der Waals surface area contributed by atoms with E-state index in [0.717, 1.165) is 30.2 Å². The van der Waals surface area contributed by atoms with E-state index in [1.54, 1.807) is 0 Å². The summed E-state index contributed by atoms with van der Waals surface area (Å²) in [5.41, 5.74) is 0.832. The zero-order valence-corrected chi connectivity index (χ0v) is 11.8. The van der Waals surface area contributed by atoms with Crippen LogP contribution >= 0.6 is 0 Å². The molecule has 0 bridgehead atoms. The van der Waals surface area contributed by atoms with E-state index in [2.05, 4.69) is 15.3 Å². The molecule has 0 radical (unpaired) electrons. The van der Waals surface area contributed by atoms with Crippen LogP contribution in [0.25, 0.3) is 0 Å². The molecule has 1 saturated carbocycles. The Hall–Kier alpha value is -1.17. The lowest BCUT2D eigenvalue weighted by Gasteiger charge is -2.15. The Kier molecular flexibility index (Phi) is 3.31. The van der Waals surface area contributed by atoms with Gasteiger partial charge in [0.1, 0.15) is 21.5 Å². The van der Waals surface area contributed by atoms with Gasteiger partial charge in [0.25, 0.3) is 0 Å². The molecule has 1 heterocycles. The molecule has 1 aromatic heterocycles. The maximum atomic E-state index is 11.4. The molecule has 5 nitrogen and oxygen atoms in total. The maximum Gasteiger partial charge on any atom is 0.148 e. The summed E-state index contributed by atoms with van der Waals surface area (Å²) < 4.78 is 22.7. The summed E-state index contributed by atoms with van der Waals surface area (Å²) in [6.45, 7) is 4.43. The first kappa shape index (κ1) is 13.3. The summed E-state index contributed by atoms with van der Waals surface area (Å²) in [5, 5.41) is 3.24. The standard InChI is InChI=1S/C12H19N3O2S/c1-9-6-11(15-10(2)14-9)13-7-12(4-5-12)8-18(3,16)17/h6H,4-5,7-8H2,1-3H3,(H,13,14,15). The number of rotatable bonds is 5. The SMILES string of the molecule is Cc1cc(NCC2(CS(C)(=O)=O)CC2)nc(C)n1. The van der Waals surface area contributed by atoms with Crippen molar-refractivity contribution in [2.24, 2.45) is 5.41 Å². The van der Waals surface area contributed by atoms with Crippen LogP contribution in [0.4, 0.5) is 5.82 Å². The van der Waals surface area contributed by atoms with E-state index in [4.69, 9.17) is 0 Å². The first-order valence-corrected chi connectivity index (χ1v) is 8.08. The molecule has 100 valence electrons. The van der Waals surface area contributed by atoms with Crippen LogP contribution in [0.1, 0.15) is 24.4 Å². The van der Waals surface area contributed by atoms with E-state index < -0.39 is 9.84 Å². The second-order valence-electron chi connectivity index (χ2n) is 5.37. The van der Waals surface area contributed by atoms with Crippen LogP contribution in [0.15, 0.2) is 6.07 Å². The van der Waals surface area contributed by atoms with E-state index in [9.17, 15) is 8.42 Å². The molecule has 0 unspecified atom stereocenters. The van der Waals surface area contributed by atoms with Gasteiger partial charge in [0, 0.05) is 30.0 Å². The minimum Gasteiger partial charge on any atom is -0.369 e. The topological polar surface area (TPSA) is 72.0 Å². The number of nitrogens with one attached hydrogen (secondary N) is 1. The van der Waals surface area contributed by atoms with E-state index in [1.165, 1.54) is 6.26 Å². The lowest BCUT2D eigenvalue weighted by molar-refractivity contribution is 0.560. The highest BCUT2D eigenvalue weighted by molar-refractivity contribution is 7.90. The van der Waals surface area contributed by atoms with Crippen LogP contribution in [0.3, 0.4) is 0 Å². The van der Waals surface area contributed by atoms with E-state index >= 15 is 0 Å². The van der Waals surface area contributed by atoms with Crippen molar-refractivity contribution in [2.45, 2.75) is 26.7 Å². The molecule has 1 aliphatic carbocycles. The van der Waals surface area contributed by atoms with Crippen molar-refractivity contribution in [3.05, 3.63) is 17.6 Å². The Labute approximate surface area is 108 Å². The van der Waals surface area contributed by atoms with Gasteiger partial charge in [-0.3, -0.25) is 0 Å². The highest BCUT2D eigenvalue weighted by Crippen LogP contribution is 2.46. The average Bonchev–Trinajstić information content (AvgIpc) is 2.91. The summed E-state index contributed by atoms with van der Waals surface area (Å²) in [7, 11) is -2.91. The molecule has 1 aliphatic rings. The van der Waals surface area contributed by atoms with Gasteiger partial charge < -0.3 is 5.32 Å². The second-order valence-corrected chi connectivity index (χ2v) is 7.51. The predicted octanol–water partition coefficient (Wildman–Crippen LogP) is 1.33. The van der Waals surface area contributed by atoms with Gasteiger partial charge in [0.2, 0.25) is 0 Å². The van der Waals surface area contributed by atoms with Gasteiger partial charge in [0.15, 0.2) is 0 Å². The summed E-state index contributed by atoms with van der Waals surface area (Å²) >= 11 is 0. The van der Waals surface area contributed by atoms with Crippen LogP contribution < -0.4 is 5.32 Å². The number of anilines is 1. The number of hydrogen-bond acceptors (Lipinski definition) is 5. The predicted molar refractivity (Wildman–Crippen MR) is 71.4 cm³/mol. The van der Waals surface area contributed by atoms with Crippen LogP contribution in [0, 0.1) is 19.3 Å². The van der Waals surface area contributed by atoms with Gasteiger partial charge in [-0.15, -0.1) is 0 Å². The molecule has 1 aromatic rings. The van der Waals surface area contributed by atoms with Gasteiger partial charge in [-0.2, -0.15) is 0 Å². The van der Waals surface area contributed by atoms with Gasteiger partial charge in [-0.1, -0.05) is 0 Å². The lowest BCUT2D eigenvalue weighted by Crippen LogP contribution is -2.24. The lowest BCUT2D eigenvalue weighted by atomic mass is 10.1. The molecule has 0 amide bonds. The summed E-state index contributed by atoms with van der Waals surface area (Å²) in [6.07, 6.45) is 3.23. The minimum atomic E-state index is -2.91. The van der Waals surface area contributed by atoms with Crippen molar-refractivity contribution in [3.8, 4) is 0 Å². The van der Waals surface area contributed by atoms with Gasteiger partial charge in [-0.25, -0.2) is 18.4 Å². The fourth-order valence-corrected chi connectivity index (χ4v) is 3.69. The summed E-state index contributed by atoms with van der Waals surface area (Å²) in [5.74, 6) is 1.76. The molecule has 0 aromatic carbocycles. The van der Waals surface area contributed by atoms with E-state index in [0.29, 0.717) is 6.54 Å². The van der Waals surface area contributed by atoms with Crippen LogP contribution in [0.5, 0.6) is 0 Å². The van der Waals surface area contributed by atoms with Crippen molar-refractivity contribution < 1.29 is 8.42 Å². The maximum absolute atomic E-state index is 11.4. The molecule has 0 aliphatic heterocycles. The van der Waals surface area contributed by atoms with Gasteiger partial charge in [0.05, 0.1) is 5.75 Å². The Morgan fingerprint density at radius 1 is 1.33 bits per heavy atom. The number of sulfone groups is 1. The highest BCUT2D eigenvalue weighted by Gasteiger charge is 2.45. The zero-order chi connectivity index (χ0) is 13.4. The quantitative estimate of drug-likeness (QED) is 0.873. The highest BCUT2D eigenvalue weighted by atomic mass is 32.2. The molecular weight excluding hydrogens is 250 g/mol. The summed E-state index contributed by atoms with van der Waals surface area (Å²) in [6, 6.07) is 1.88. The Bertz CT molecular complexity index is 530. The number of aromatic nitrogens is 2. The Balaban J connectivity index is 1.99. The van der Waals surface area contributed by atoms with Crippen molar-refractivity contribution in [1.29, 1.82) is 0 Å². The van der Waals surface area contributed by atoms with Crippen molar-refractivity contribution in [1.82, 2.24) is 9.97 Å². The van der Waals surface area contributed by atoms with Crippen LogP contribution in [-0.2, 0) is 9.84 Å². The molecule has 2 rings (SSSR count). The average molecular weight is 269 g/mol.